The van der Waals surface area contributed by atoms with E-state index in [1.807, 2.05) is 6.07 Å². The van der Waals surface area contributed by atoms with Crippen LogP contribution in [0.15, 0.2) is 12.1 Å². The predicted octanol–water partition coefficient (Wildman–Crippen LogP) is 2.37. The molecule has 3 nitrogen and oxygen atoms in total. The molecule has 1 aliphatic heterocycles. The van der Waals surface area contributed by atoms with Crippen molar-refractivity contribution >= 4 is 23.2 Å². The van der Waals surface area contributed by atoms with Crippen LogP contribution in [0.1, 0.15) is 18.0 Å². The van der Waals surface area contributed by atoms with Crippen molar-refractivity contribution in [2.45, 2.75) is 12.5 Å². The van der Waals surface area contributed by atoms with Gasteiger partial charge in [-0.3, -0.25) is 0 Å². The van der Waals surface area contributed by atoms with Crippen LogP contribution in [0, 0.1) is 0 Å². The summed E-state index contributed by atoms with van der Waals surface area (Å²) < 4.78 is 5.56. The molecule has 0 aliphatic carbocycles. The van der Waals surface area contributed by atoms with E-state index in [9.17, 15) is 0 Å². The summed E-state index contributed by atoms with van der Waals surface area (Å²) in [5.74, 6) is 0.742. The lowest BCUT2D eigenvalue weighted by atomic mass is 10.0. The lowest BCUT2D eigenvalue weighted by Crippen LogP contribution is -2.31. The molecule has 1 unspecified atom stereocenters. The number of benzene rings is 1. The first kappa shape index (κ1) is 12.0. The van der Waals surface area contributed by atoms with Crippen molar-refractivity contribution in [2.24, 2.45) is 5.73 Å². The van der Waals surface area contributed by atoms with Crippen molar-refractivity contribution < 1.29 is 4.74 Å². The van der Waals surface area contributed by atoms with E-state index in [0.717, 1.165) is 24.3 Å². The average molecular weight is 261 g/mol. The number of halogens is 2. The molecule has 0 fully saturated rings. The number of rotatable bonds is 3. The normalized spacial score (nSPS) is 19.1. The molecule has 1 aliphatic rings. The molecule has 1 atom stereocenters. The first-order valence-electron chi connectivity index (χ1n) is 5.27. The zero-order valence-electron chi connectivity index (χ0n) is 8.80. The van der Waals surface area contributed by atoms with Crippen molar-refractivity contribution in [3.8, 4) is 5.75 Å². The van der Waals surface area contributed by atoms with E-state index in [-0.39, 0.29) is 6.04 Å². The second-order valence-electron chi connectivity index (χ2n) is 3.74. The molecule has 0 bridgehead atoms. The Bertz CT molecular complexity index is 384. The average Bonchev–Trinajstić information content (AvgIpc) is 2.26. The van der Waals surface area contributed by atoms with Gasteiger partial charge in [0.25, 0.3) is 0 Å². The van der Waals surface area contributed by atoms with E-state index in [2.05, 4.69) is 5.32 Å². The van der Waals surface area contributed by atoms with E-state index in [1.54, 1.807) is 6.07 Å². The number of hydrogen-bond acceptors (Lipinski definition) is 3. The minimum atomic E-state index is 0.225. The molecule has 1 aromatic rings. The summed E-state index contributed by atoms with van der Waals surface area (Å²) >= 11 is 12.1. The Morgan fingerprint density at radius 2 is 2.25 bits per heavy atom. The molecule has 0 saturated heterocycles. The maximum atomic E-state index is 6.08. The molecule has 1 aromatic carbocycles. The van der Waals surface area contributed by atoms with Gasteiger partial charge in [0.05, 0.1) is 11.6 Å². The van der Waals surface area contributed by atoms with E-state index in [4.69, 9.17) is 33.7 Å². The predicted molar refractivity (Wildman–Crippen MR) is 66.4 cm³/mol. The fraction of sp³-hybridized carbons (Fsp3) is 0.455. The SMILES string of the molecule is NCCNC1CCOc2c(Cl)cc(Cl)cc21. The Kier molecular flexibility index (Phi) is 3.92. The third-order valence-electron chi connectivity index (χ3n) is 2.60. The molecule has 0 saturated carbocycles. The van der Waals surface area contributed by atoms with Gasteiger partial charge in [0.2, 0.25) is 0 Å². The molecule has 0 amide bonds. The third-order valence-corrected chi connectivity index (χ3v) is 3.10. The summed E-state index contributed by atoms with van der Waals surface area (Å²) in [5, 5.41) is 4.56. The van der Waals surface area contributed by atoms with Crippen molar-refractivity contribution in [1.82, 2.24) is 5.32 Å². The summed E-state index contributed by atoms with van der Waals surface area (Å²) in [6.07, 6.45) is 0.906. The first-order valence-corrected chi connectivity index (χ1v) is 6.03. The number of nitrogens with two attached hydrogens (primary N) is 1. The van der Waals surface area contributed by atoms with Gasteiger partial charge in [-0.05, 0) is 12.1 Å². The maximum Gasteiger partial charge on any atom is 0.142 e. The Hall–Kier alpha value is -0.480. The van der Waals surface area contributed by atoms with Gasteiger partial charge in [-0.2, -0.15) is 0 Å². The molecule has 0 radical (unpaired) electrons. The minimum Gasteiger partial charge on any atom is -0.492 e. The van der Waals surface area contributed by atoms with Gasteiger partial charge < -0.3 is 15.8 Å². The number of nitrogens with one attached hydrogen (secondary N) is 1. The second-order valence-corrected chi connectivity index (χ2v) is 4.58. The summed E-state index contributed by atoms with van der Waals surface area (Å²) in [5.41, 5.74) is 6.50. The van der Waals surface area contributed by atoms with Crippen molar-refractivity contribution in [2.75, 3.05) is 19.7 Å². The number of hydrogen-bond donors (Lipinski definition) is 2. The molecule has 88 valence electrons. The van der Waals surface area contributed by atoms with Crippen LogP contribution in [-0.2, 0) is 0 Å². The monoisotopic (exact) mass is 260 g/mol. The number of ether oxygens (including phenoxy) is 1. The van der Waals surface area contributed by atoms with Gasteiger partial charge in [0.1, 0.15) is 5.75 Å². The van der Waals surface area contributed by atoms with Crippen LogP contribution < -0.4 is 15.8 Å². The van der Waals surface area contributed by atoms with Crippen LogP contribution in [0.25, 0.3) is 0 Å². The molecule has 5 heteroatoms. The van der Waals surface area contributed by atoms with Gasteiger partial charge in [-0.1, -0.05) is 23.2 Å². The van der Waals surface area contributed by atoms with Crippen molar-refractivity contribution in [3.05, 3.63) is 27.7 Å². The molecule has 1 heterocycles. The zero-order valence-corrected chi connectivity index (χ0v) is 10.3. The van der Waals surface area contributed by atoms with Crippen LogP contribution in [0.2, 0.25) is 10.0 Å². The largest absolute Gasteiger partial charge is 0.492 e. The quantitative estimate of drug-likeness (QED) is 0.878. The van der Waals surface area contributed by atoms with Crippen molar-refractivity contribution in [3.63, 3.8) is 0 Å². The van der Waals surface area contributed by atoms with E-state index < -0.39 is 0 Å². The topological polar surface area (TPSA) is 47.3 Å². The molecule has 2 rings (SSSR count). The highest BCUT2D eigenvalue weighted by Gasteiger charge is 2.23. The molecule has 16 heavy (non-hydrogen) atoms. The van der Waals surface area contributed by atoms with Crippen LogP contribution in [0.5, 0.6) is 5.75 Å². The van der Waals surface area contributed by atoms with Crippen LogP contribution in [0.3, 0.4) is 0 Å². The zero-order chi connectivity index (χ0) is 11.5. The first-order chi connectivity index (χ1) is 7.72. The highest BCUT2D eigenvalue weighted by atomic mass is 35.5. The minimum absolute atomic E-state index is 0.225. The molecule has 0 spiro atoms. The highest BCUT2D eigenvalue weighted by molar-refractivity contribution is 6.35. The van der Waals surface area contributed by atoms with Crippen LogP contribution in [-0.4, -0.2) is 19.7 Å². The van der Waals surface area contributed by atoms with E-state index in [1.165, 1.54) is 0 Å². The Morgan fingerprint density at radius 3 is 3.00 bits per heavy atom. The maximum absolute atomic E-state index is 6.08. The second kappa shape index (κ2) is 5.23. The summed E-state index contributed by atoms with van der Waals surface area (Å²) in [6.45, 7) is 2.05. The molecule has 3 N–H and O–H groups in total. The van der Waals surface area contributed by atoms with Gasteiger partial charge in [0, 0.05) is 36.1 Å². The Balaban J connectivity index is 2.30. The van der Waals surface area contributed by atoms with Gasteiger partial charge >= 0.3 is 0 Å². The standard InChI is InChI=1S/C11H14Cl2N2O/c12-7-5-8-10(15-3-2-14)1-4-16-11(8)9(13)6-7/h5-6,10,15H,1-4,14H2. The fourth-order valence-electron chi connectivity index (χ4n) is 1.90. The molecule has 0 aromatic heterocycles. The summed E-state index contributed by atoms with van der Waals surface area (Å²) in [7, 11) is 0. The van der Waals surface area contributed by atoms with Crippen molar-refractivity contribution in [1.29, 1.82) is 0 Å². The van der Waals surface area contributed by atoms with Gasteiger partial charge in [-0.15, -0.1) is 0 Å². The highest BCUT2D eigenvalue weighted by Crippen LogP contribution is 2.39. The Morgan fingerprint density at radius 1 is 1.44 bits per heavy atom. The van der Waals surface area contributed by atoms with E-state index >= 15 is 0 Å². The fourth-order valence-corrected chi connectivity index (χ4v) is 2.46. The van der Waals surface area contributed by atoms with Crippen LogP contribution >= 0.6 is 23.2 Å². The summed E-state index contributed by atoms with van der Waals surface area (Å²) in [6, 6.07) is 3.83. The molecular weight excluding hydrogens is 247 g/mol. The number of fused-ring (bicyclic) bond motifs is 1. The van der Waals surface area contributed by atoms with Gasteiger partial charge in [0.15, 0.2) is 0 Å². The third kappa shape index (κ3) is 2.43. The smallest absolute Gasteiger partial charge is 0.142 e. The molecular formula is C11H14Cl2N2O. The lowest BCUT2D eigenvalue weighted by Gasteiger charge is -2.27. The lowest BCUT2D eigenvalue weighted by molar-refractivity contribution is 0.254. The summed E-state index contributed by atoms with van der Waals surface area (Å²) in [4.78, 5) is 0. The van der Waals surface area contributed by atoms with Crippen LogP contribution in [0.4, 0.5) is 0 Å². The Labute approximate surface area is 105 Å². The van der Waals surface area contributed by atoms with Gasteiger partial charge in [-0.25, -0.2) is 0 Å². The van der Waals surface area contributed by atoms with E-state index in [0.29, 0.717) is 23.2 Å².